The lowest BCUT2D eigenvalue weighted by Crippen LogP contribution is -2.47. The summed E-state index contributed by atoms with van der Waals surface area (Å²) in [4.78, 5) is 32.6. The third kappa shape index (κ3) is 5.42. The van der Waals surface area contributed by atoms with Crippen molar-refractivity contribution in [3.63, 3.8) is 0 Å². The van der Waals surface area contributed by atoms with Gasteiger partial charge in [0.2, 0.25) is 11.8 Å². The molecule has 1 aliphatic rings. The Labute approximate surface area is 223 Å². The molecule has 0 saturated carbocycles. The number of nitrogen functional groups attached to an aromatic ring is 1. The van der Waals surface area contributed by atoms with Gasteiger partial charge in [0.15, 0.2) is 0 Å². The van der Waals surface area contributed by atoms with Crippen molar-refractivity contribution in [2.45, 2.75) is 71.6 Å². The van der Waals surface area contributed by atoms with E-state index in [4.69, 9.17) is 5.73 Å². The molecule has 3 heterocycles. The van der Waals surface area contributed by atoms with Gasteiger partial charge in [-0.1, -0.05) is 38.1 Å². The van der Waals surface area contributed by atoms with Gasteiger partial charge in [0, 0.05) is 36.5 Å². The van der Waals surface area contributed by atoms with Gasteiger partial charge < -0.3 is 16.0 Å². The summed E-state index contributed by atoms with van der Waals surface area (Å²) in [6.07, 6.45) is 0.332. The van der Waals surface area contributed by atoms with Gasteiger partial charge in [-0.25, -0.2) is 9.37 Å². The second-order valence-electron chi connectivity index (χ2n) is 10.5. The molecule has 1 fully saturated rings. The zero-order valence-electron chi connectivity index (χ0n) is 23.0. The number of nitrogens with one attached hydrogen (secondary N) is 1. The molecule has 38 heavy (non-hydrogen) atoms. The average molecular weight is 521 g/mol. The van der Waals surface area contributed by atoms with E-state index in [1.54, 1.807) is 16.9 Å². The number of aromatic nitrogens is 3. The number of pyridine rings is 1. The molecule has 2 amide bonds. The molecule has 0 aliphatic carbocycles. The maximum Gasteiger partial charge on any atom is 0.243 e. The number of nitrogens with two attached hydrogens (primary N) is 1. The summed E-state index contributed by atoms with van der Waals surface area (Å²) in [5.74, 6) is -0.0585. The molecule has 1 saturated heterocycles. The molecule has 2 aromatic heterocycles. The van der Waals surface area contributed by atoms with Crippen molar-refractivity contribution in [1.82, 2.24) is 25.0 Å². The van der Waals surface area contributed by atoms with E-state index >= 15 is 0 Å². The quantitative estimate of drug-likeness (QED) is 0.493. The van der Waals surface area contributed by atoms with Crippen LogP contribution in [0.3, 0.4) is 0 Å². The number of amides is 2. The minimum atomic E-state index is -1.28. The fourth-order valence-corrected chi connectivity index (χ4v) is 5.41. The molecule has 1 aliphatic heterocycles. The Balaban J connectivity index is 1.62. The monoisotopic (exact) mass is 520 g/mol. The normalized spacial score (nSPS) is 18.2. The van der Waals surface area contributed by atoms with Crippen LogP contribution in [0.4, 0.5) is 10.2 Å². The number of likely N-dealkylation sites (tertiary alicyclic amines) is 1. The zero-order valence-corrected chi connectivity index (χ0v) is 23.0. The Hall–Kier alpha value is -3.75. The predicted octanol–water partition coefficient (Wildman–Crippen LogP) is 3.83. The number of aryl methyl sites for hydroxylation is 3. The molecule has 0 unspecified atom stereocenters. The van der Waals surface area contributed by atoms with Crippen molar-refractivity contribution >= 4 is 17.6 Å². The number of carbonyl (C=O) groups excluding carboxylic acids is 2. The highest BCUT2D eigenvalue weighted by Gasteiger charge is 2.41. The summed E-state index contributed by atoms with van der Waals surface area (Å²) >= 11 is 0. The Morgan fingerprint density at radius 2 is 1.92 bits per heavy atom. The van der Waals surface area contributed by atoms with Gasteiger partial charge in [-0.15, -0.1) is 0 Å². The van der Waals surface area contributed by atoms with Crippen LogP contribution in [-0.4, -0.2) is 50.2 Å². The minimum absolute atomic E-state index is 0.0524. The van der Waals surface area contributed by atoms with Crippen molar-refractivity contribution in [3.05, 3.63) is 75.7 Å². The average Bonchev–Trinajstić information content (AvgIpc) is 3.37. The molecular weight excluding hydrogens is 483 g/mol. The topological polar surface area (TPSA) is 106 Å². The lowest BCUT2D eigenvalue weighted by atomic mass is 9.91. The molecule has 3 N–H and O–H groups in total. The molecule has 9 heteroatoms. The van der Waals surface area contributed by atoms with Crippen molar-refractivity contribution < 1.29 is 14.0 Å². The first-order valence-corrected chi connectivity index (χ1v) is 13.0. The molecule has 0 radical (unpaired) electrons. The number of alkyl halides is 1. The Bertz CT molecular complexity index is 1350. The van der Waals surface area contributed by atoms with Gasteiger partial charge in [-0.3, -0.25) is 14.3 Å². The highest BCUT2D eigenvalue weighted by molar-refractivity contribution is 5.90. The first-order valence-electron chi connectivity index (χ1n) is 13.0. The van der Waals surface area contributed by atoms with Crippen LogP contribution in [0, 0.1) is 20.8 Å². The second kappa shape index (κ2) is 10.9. The van der Waals surface area contributed by atoms with E-state index in [-0.39, 0.29) is 25.3 Å². The summed E-state index contributed by atoms with van der Waals surface area (Å²) in [6.45, 7) is 9.93. The Morgan fingerprint density at radius 1 is 1.18 bits per heavy atom. The van der Waals surface area contributed by atoms with E-state index in [1.165, 1.54) is 10.5 Å². The second-order valence-corrected chi connectivity index (χ2v) is 10.5. The first kappa shape index (κ1) is 27.3. The van der Waals surface area contributed by atoms with Gasteiger partial charge in [-0.2, -0.15) is 5.10 Å². The van der Waals surface area contributed by atoms with Crippen LogP contribution in [0.25, 0.3) is 0 Å². The van der Waals surface area contributed by atoms with E-state index in [1.807, 2.05) is 46.0 Å². The van der Waals surface area contributed by atoms with Crippen LogP contribution < -0.4 is 11.1 Å². The lowest BCUT2D eigenvalue weighted by molar-refractivity contribution is -0.138. The summed E-state index contributed by atoms with van der Waals surface area (Å²) in [5.41, 5.74) is 12.5. The van der Waals surface area contributed by atoms with Gasteiger partial charge in [0.25, 0.3) is 0 Å². The summed E-state index contributed by atoms with van der Waals surface area (Å²) < 4.78 is 16.4. The number of rotatable bonds is 7. The molecular formula is C29H37FN6O2. The Morgan fingerprint density at radius 3 is 2.53 bits per heavy atom. The minimum Gasteiger partial charge on any atom is -0.383 e. The van der Waals surface area contributed by atoms with Gasteiger partial charge in [0.05, 0.1) is 24.7 Å². The number of halogens is 1. The third-order valence-corrected chi connectivity index (χ3v) is 7.58. The molecule has 1 aromatic carbocycles. The van der Waals surface area contributed by atoms with Gasteiger partial charge in [0.1, 0.15) is 18.0 Å². The van der Waals surface area contributed by atoms with Crippen LogP contribution in [0.1, 0.15) is 71.4 Å². The number of benzene rings is 1. The van der Waals surface area contributed by atoms with Crippen LogP contribution in [0.5, 0.6) is 0 Å². The standard InChI is InChI=1S/C29H37FN6O2/c1-16(2)22-10-9-20(12-17(22)3)27(23-8-7-11-32-28(23)31)33-29(38)25-13-21(30)15-36(25)26(37)14-24-18(4)34-35(6)19(24)5/h7-12,16,21,25,27H,13-15H2,1-6H3,(H2,31,32)(H,33,38)/t21-,25+,27-/m1/s1. The highest BCUT2D eigenvalue weighted by Crippen LogP contribution is 2.30. The lowest BCUT2D eigenvalue weighted by Gasteiger charge is -2.28. The number of anilines is 1. The smallest absolute Gasteiger partial charge is 0.243 e. The van der Waals surface area contributed by atoms with E-state index in [2.05, 4.69) is 35.3 Å². The van der Waals surface area contributed by atoms with E-state index in [9.17, 15) is 14.0 Å². The fraction of sp³-hybridized carbons (Fsp3) is 0.448. The third-order valence-electron chi connectivity index (χ3n) is 7.58. The number of nitrogens with zero attached hydrogens (tertiary/aromatic N) is 4. The largest absolute Gasteiger partial charge is 0.383 e. The Kier molecular flexibility index (Phi) is 7.85. The van der Waals surface area contributed by atoms with Crippen LogP contribution in [0.15, 0.2) is 36.5 Å². The van der Waals surface area contributed by atoms with Crippen LogP contribution in [-0.2, 0) is 23.1 Å². The maximum absolute atomic E-state index is 14.6. The summed E-state index contributed by atoms with van der Waals surface area (Å²) in [5, 5.41) is 7.44. The van der Waals surface area contributed by atoms with Gasteiger partial charge >= 0.3 is 0 Å². The predicted molar refractivity (Wildman–Crippen MR) is 145 cm³/mol. The van der Waals surface area contributed by atoms with Crippen molar-refractivity contribution in [2.24, 2.45) is 7.05 Å². The SMILES string of the molecule is Cc1cc([C@@H](NC(=O)[C@@H]2C[C@@H](F)CN2C(=O)Cc2c(C)nn(C)c2C)c2cccnc2N)ccc1C(C)C. The van der Waals surface area contributed by atoms with Crippen LogP contribution in [0.2, 0.25) is 0 Å². The summed E-state index contributed by atoms with van der Waals surface area (Å²) in [6, 6.07) is 8.13. The van der Waals surface area contributed by atoms with E-state index in [0.29, 0.717) is 17.3 Å². The molecule has 202 valence electrons. The van der Waals surface area contributed by atoms with Crippen LogP contribution >= 0.6 is 0 Å². The molecule has 0 spiro atoms. The highest BCUT2D eigenvalue weighted by atomic mass is 19.1. The van der Waals surface area contributed by atoms with Gasteiger partial charge in [-0.05, 0) is 49.4 Å². The molecule has 8 nitrogen and oxygen atoms in total. The molecule has 3 aromatic rings. The molecule has 3 atom stereocenters. The maximum atomic E-state index is 14.6. The zero-order chi connectivity index (χ0) is 27.7. The van der Waals surface area contributed by atoms with Crippen molar-refractivity contribution in [2.75, 3.05) is 12.3 Å². The van der Waals surface area contributed by atoms with E-state index < -0.39 is 24.2 Å². The van der Waals surface area contributed by atoms with E-state index in [0.717, 1.165) is 28.1 Å². The van der Waals surface area contributed by atoms with Crippen molar-refractivity contribution in [3.8, 4) is 0 Å². The fourth-order valence-electron chi connectivity index (χ4n) is 5.41. The molecule has 4 rings (SSSR count). The number of carbonyl (C=O) groups is 2. The number of hydrogen-bond donors (Lipinski definition) is 2. The first-order chi connectivity index (χ1) is 18.0. The summed E-state index contributed by atoms with van der Waals surface area (Å²) in [7, 11) is 1.82. The van der Waals surface area contributed by atoms with Crippen molar-refractivity contribution in [1.29, 1.82) is 0 Å². The number of hydrogen-bond acceptors (Lipinski definition) is 5. The molecule has 0 bridgehead atoms.